The zero-order valence-corrected chi connectivity index (χ0v) is 12.7. The summed E-state index contributed by atoms with van der Waals surface area (Å²) < 4.78 is 5.89. The zero-order chi connectivity index (χ0) is 14.6. The van der Waals surface area contributed by atoms with Crippen molar-refractivity contribution in [2.45, 2.75) is 25.9 Å². The molecule has 1 N–H and O–H groups in total. The van der Waals surface area contributed by atoms with Gasteiger partial charge in [-0.3, -0.25) is 10.1 Å². The molecule has 0 aliphatic rings. The molecule has 0 amide bonds. The minimum Gasteiger partial charge on any atom is -0.486 e. The van der Waals surface area contributed by atoms with Crippen LogP contribution in [0.4, 0.5) is 5.69 Å². The lowest BCUT2D eigenvalue weighted by molar-refractivity contribution is -0.386. The second-order valence-corrected chi connectivity index (χ2v) is 5.75. The fraction of sp³-hybridized carbons (Fsp3) is 0.417. The number of ether oxygens (including phenoxy) is 1. The molecule has 1 aromatic carbocycles. The van der Waals surface area contributed by atoms with Gasteiger partial charge >= 0.3 is 5.69 Å². The summed E-state index contributed by atoms with van der Waals surface area (Å²) in [5, 5.41) is 29.3. The highest BCUT2D eigenvalue weighted by atomic mass is 127. The summed E-state index contributed by atoms with van der Waals surface area (Å²) in [6.07, 6.45) is 0.347. The van der Waals surface area contributed by atoms with Crippen molar-refractivity contribution in [3.05, 3.63) is 31.4 Å². The standard InChI is InChI=1S/C12H13IN2O4/c1-12(2,16)3-4-19-11-9(13)5-8(7-14)6-10(11)15(17)18/h5-6,16H,3-4H2,1-2H3. The van der Waals surface area contributed by atoms with Crippen molar-refractivity contribution in [1.82, 2.24) is 0 Å². The lowest BCUT2D eigenvalue weighted by atomic mass is 10.1. The summed E-state index contributed by atoms with van der Waals surface area (Å²) in [4.78, 5) is 10.4. The molecule has 0 saturated carbocycles. The third-order valence-electron chi connectivity index (χ3n) is 2.31. The molecule has 0 aromatic heterocycles. The van der Waals surface area contributed by atoms with E-state index in [4.69, 9.17) is 10.00 Å². The molecule has 0 fully saturated rings. The lowest BCUT2D eigenvalue weighted by Crippen LogP contribution is -2.22. The molecule has 102 valence electrons. The Morgan fingerprint density at radius 3 is 2.68 bits per heavy atom. The van der Waals surface area contributed by atoms with Crippen molar-refractivity contribution >= 4 is 28.3 Å². The summed E-state index contributed by atoms with van der Waals surface area (Å²) >= 11 is 1.89. The molecule has 0 saturated heterocycles. The van der Waals surface area contributed by atoms with Crippen molar-refractivity contribution in [2.24, 2.45) is 0 Å². The Morgan fingerprint density at radius 1 is 1.58 bits per heavy atom. The van der Waals surface area contributed by atoms with Gasteiger partial charge in [0.25, 0.3) is 0 Å². The van der Waals surface area contributed by atoms with Crippen LogP contribution >= 0.6 is 22.6 Å². The molecule has 1 aromatic rings. The Labute approximate surface area is 124 Å². The Balaban J connectivity index is 3.00. The average Bonchev–Trinajstić information content (AvgIpc) is 2.28. The van der Waals surface area contributed by atoms with Crippen LogP contribution in [-0.4, -0.2) is 22.2 Å². The molecule has 7 heteroatoms. The van der Waals surface area contributed by atoms with E-state index in [2.05, 4.69) is 0 Å². The third kappa shape index (κ3) is 4.65. The highest BCUT2D eigenvalue weighted by Gasteiger charge is 2.21. The number of benzene rings is 1. The maximum atomic E-state index is 11.0. The predicted octanol–water partition coefficient (Wildman–Crippen LogP) is 2.61. The molecule has 0 aliphatic heterocycles. The van der Waals surface area contributed by atoms with E-state index >= 15 is 0 Å². The number of hydrogen-bond donors (Lipinski definition) is 1. The van der Waals surface area contributed by atoms with Crippen LogP contribution in [0.15, 0.2) is 12.1 Å². The van der Waals surface area contributed by atoms with Crippen molar-refractivity contribution < 1.29 is 14.8 Å². The minimum atomic E-state index is -0.896. The van der Waals surface area contributed by atoms with Gasteiger partial charge in [0.1, 0.15) is 0 Å². The zero-order valence-electron chi connectivity index (χ0n) is 10.5. The van der Waals surface area contributed by atoms with E-state index < -0.39 is 10.5 Å². The van der Waals surface area contributed by atoms with E-state index in [1.807, 2.05) is 28.7 Å². The number of halogens is 1. The summed E-state index contributed by atoms with van der Waals surface area (Å²) in [7, 11) is 0. The Bertz CT molecular complexity index is 532. The first-order valence-corrected chi connectivity index (χ1v) is 6.55. The van der Waals surface area contributed by atoms with E-state index in [1.54, 1.807) is 13.8 Å². The first-order valence-electron chi connectivity index (χ1n) is 5.48. The number of nitriles is 1. The van der Waals surface area contributed by atoms with Crippen LogP contribution in [0.1, 0.15) is 25.8 Å². The number of nitro benzene ring substituents is 1. The first-order chi connectivity index (χ1) is 8.74. The molecule has 19 heavy (non-hydrogen) atoms. The second kappa shape index (κ2) is 6.16. The van der Waals surface area contributed by atoms with Crippen LogP contribution in [0, 0.1) is 25.0 Å². The maximum absolute atomic E-state index is 11.0. The second-order valence-electron chi connectivity index (χ2n) is 4.59. The van der Waals surface area contributed by atoms with Crippen LogP contribution in [0.3, 0.4) is 0 Å². The van der Waals surface area contributed by atoms with Gasteiger partial charge in [0.15, 0.2) is 0 Å². The molecule has 0 heterocycles. The van der Waals surface area contributed by atoms with Crippen LogP contribution in [0.25, 0.3) is 0 Å². The Morgan fingerprint density at radius 2 is 2.21 bits per heavy atom. The highest BCUT2D eigenvalue weighted by Crippen LogP contribution is 2.33. The molecule has 0 aliphatic carbocycles. The van der Waals surface area contributed by atoms with Crippen LogP contribution in [-0.2, 0) is 0 Å². The lowest BCUT2D eigenvalue weighted by Gasteiger charge is -2.17. The number of nitrogens with zero attached hydrogens (tertiary/aromatic N) is 2. The van der Waals surface area contributed by atoms with E-state index in [0.29, 0.717) is 9.99 Å². The molecule has 0 radical (unpaired) electrons. The van der Waals surface area contributed by atoms with Gasteiger partial charge in [0.05, 0.1) is 32.3 Å². The van der Waals surface area contributed by atoms with Gasteiger partial charge in [-0.25, -0.2) is 0 Å². The van der Waals surface area contributed by atoms with Gasteiger partial charge in [0, 0.05) is 12.5 Å². The van der Waals surface area contributed by atoms with Gasteiger partial charge in [-0.2, -0.15) is 5.26 Å². The molecule has 0 spiro atoms. The monoisotopic (exact) mass is 376 g/mol. The average molecular weight is 376 g/mol. The van der Waals surface area contributed by atoms with Crippen LogP contribution in [0.2, 0.25) is 0 Å². The number of aliphatic hydroxyl groups is 1. The van der Waals surface area contributed by atoms with Crippen LogP contribution < -0.4 is 4.74 Å². The SMILES string of the molecule is CC(C)(O)CCOc1c(I)cc(C#N)cc1[N+](=O)[O-]. The molecule has 0 bridgehead atoms. The van der Waals surface area contributed by atoms with Gasteiger partial charge < -0.3 is 9.84 Å². The quantitative estimate of drug-likeness (QED) is 0.484. The van der Waals surface area contributed by atoms with Crippen molar-refractivity contribution in [3.63, 3.8) is 0 Å². The minimum absolute atomic E-state index is 0.133. The largest absolute Gasteiger partial charge is 0.486 e. The third-order valence-corrected chi connectivity index (χ3v) is 3.11. The van der Waals surface area contributed by atoms with E-state index in [9.17, 15) is 15.2 Å². The maximum Gasteiger partial charge on any atom is 0.313 e. The fourth-order valence-corrected chi connectivity index (χ4v) is 2.09. The number of hydrogen-bond acceptors (Lipinski definition) is 5. The van der Waals surface area contributed by atoms with Crippen molar-refractivity contribution in [3.8, 4) is 11.8 Å². The van der Waals surface area contributed by atoms with Gasteiger partial charge in [-0.05, 0) is 42.5 Å². The molecule has 6 nitrogen and oxygen atoms in total. The number of rotatable bonds is 5. The van der Waals surface area contributed by atoms with Gasteiger partial charge in [0.2, 0.25) is 5.75 Å². The summed E-state index contributed by atoms with van der Waals surface area (Å²) in [6, 6.07) is 4.57. The molecule has 0 atom stereocenters. The molecular formula is C12H13IN2O4. The van der Waals surface area contributed by atoms with Crippen molar-refractivity contribution in [2.75, 3.05) is 6.61 Å². The fourth-order valence-electron chi connectivity index (χ4n) is 1.32. The molecular weight excluding hydrogens is 363 g/mol. The summed E-state index contributed by atoms with van der Waals surface area (Å²) in [5.74, 6) is 0.133. The van der Waals surface area contributed by atoms with Crippen LogP contribution in [0.5, 0.6) is 5.75 Å². The Hall–Kier alpha value is -1.40. The van der Waals surface area contributed by atoms with Gasteiger partial charge in [-0.15, -0.1) is 0 Å². The van der Waals surface area contributed by atoms with E-state index in [0.717, 1.165) is 0 Å². The van der Waals surface area contributed by atoms with E-state index in [1.165, 1.54) is 12.1 Å². The Kier molecular flexibility index (Phi) is 5.08. The molecule has 1 rings (SSSR count). The predicted molar refractivity (Wildman–Crippen MR) is 76.9 cm³/mol. The summed E-state index contributed by atoms with van der Waals surface area (Å²) in [6.45, 7) is 3.43. The molecule has 0 unspecified atom stereocenters. The number of nitro groups is 1. The van der Waals surface area contributed by atoms with Crippen molar-refractivity contribution in [1.29, 1.82) is 5.26 Å². The summed E-state index contributed by atoms with van der Waals surface area (Å²) in [5.41, 5.74) is -0.919. The topological polar surface area (TPSA) is 96.4 Å². The highest BCUT2D eigenvalue weighted by molar-refractivity contribution is 14.1. The van der Waals surface area contributed by atoms with Gasteiger partial charge in [-0.1, -0.05) is 0 Å². The first kappa shape index (κ1) is 15.7. The normalized spacial score (nSPS) is 10.9. The van der Waals surface area contributed by atoms with E-state index in [-0.39, 0.29) is 23.6 Å². The smallest absolute Gasteiger partial charge is 0.313 e.